The van der Waals surface area contributed by atoms with Gasteiger partial charge >= 0.3 is 0 Å². The van der Waals surface area contributed by atoms with Crippen LogP contribution in [-0.4, -0.2) is 38.1 Å². The van der Waals surface area contributed by atoms with Crippen LogP contribution >= 0.6 is 22.6 Å². The van der Waals surface area contributed by atoms with Crippen molar-refractivity contribution in [3.8, 4) is 5.75 Å². The van der Waals surface area contributed by atoms with Gasteiger partial charge in [-0.25, -0.2) is 0 Å². The van der Waals surface area contributed by atoms with Gasteiger partial charge in [-0.1, -0.05) is 29.8 Å². The van der Waals surface area contributed by atoms with Gasteiger partial charge in [0.15, 0.2) is 0 Å². The molecular weight excluding hydrogens is 529 g/mol. The maximum Gasteiger partial charge on any atom is 0.251 e. The number of hydrogen-bond donors (Lipinski definition) is 3. The third-order valence-corrected chi connectivity index (χ3v) is 5.82. The highest BCUT2D eigenvalue weighted by atomic mass is 127. The smallest absolute Gasteiger partial charge is 0.251 e. The van der Waals surface area contributed by atoms with Crippen LogP contribution in [0, 0.1) is 10.5 Å². The number of aryl methyl sites for hydroxylation is 1. The standard InChI is InChI=1S/C26H28IN3O3/c1-18-4-3-5-20(16-18)25(31)30-24(17-19-6-8-21(27)9-7-19)26(32)29-15-14-28-22-10-12-23(33-2)13-11-22/h3-13,16,24,28H,14-15,17H2,1-2H3,(H,29,32)(H,30,31)/t24-/m0/s1. The Kier molecular flexibility index (Phi) is 9.12. The molecule has 7 heteroatoms. The zero-order chi connectivity index (χ0) is 23.6. The molecule has 1 atom stereocenters. The Morgan fingerprint density at radius 2 is 1.70 bits per heavy atom. The number of ether oxygens (including phenoxy) is 1. The van der Waals surface area contributed by atoms with Crippen molar-refractivity contribution in [3.05, 3.63) is 93.1 Å². The first-order chi connectivity index (χ1) is 15.9. The first kappa shape index (κ1) is 24.6. The van der Waals surface area contributed by atoms with Crippen LogP contribution in [0.5, 0.6) is 5.75 Å². The second kappa shape index (κ2) is 12.2. The fourth-order valence-corrected chi connectivity index (χ4v) is 3.68. The van der Waals surface area contributed by atoms with Gasteiger partial charge in [0.1, 0.15) is 11.8 Å². The van der Waals surface area contributed by atoms with Crippen LogP contribution in [0.2, 0.25) is 0 Å². The summed E-state index contributed by atoms with van der Waals surface area (Å²) in [5, 5.41) is 9.10. The third kappa shape index (κ3) is 7.78. The van der Waals surface area contributed by atoms with Gasteiger partial charge in [-0.2, -0.15) is 0 Å². The van der Waals surface area contributed by atoms with E-state index in [0.717, 1.165) is 26.1 Å². The summed E-state index contributed by atoms with van der Waals surface area (Å²) in [5.74, 6) is 0.309. The van der Waals surface area contributed by atoms with E-state index in [2.05, 4.69) is 38.5 Å². The minimum absolute atomic E-state index is 0.217. The van der Waals surface area contributed by atoms with Gasteiger partial charge in [-0.15, -0.1) is 0 Å². The summed E-state index contributed by atoms with van der Waals surface area (Å²) in [5.41, 5.74) is 3.45. The van der Waals surface area contributed by atoms with Crippen molar-refractivity contribution in [2.24, 2.45) is 0 Å². The average Bonchev–Trinajstić information content (AvgIpc) is 2.83. The minimum Gasteiger partial charge on any atom is -0.497 e. The quantitative estimate of drug-likeness (QED) is 0.258. The summed E-state index contributed by atoms with van der Waals surface area (Å²) in [7, 11) is 1.63. The zero-order valence-corrected chi connectivity index (χ0v) is 20.9. The summed E-state index contributed by atoms with van der Waals surface area (Å²) >= 11 is 2.24. The van der Waals surface area contributed by atoms with Crippen LogP contribution in [0.1, 0.15) is 21.5 Å². The number of rotatable bonds is 10. The summed E-state index contributed by atoms with van der Waals surface area (Å²) in [6.07, 6.45) is 0.409. The van der Waals surface area contributed by atoms with Crippen molar-refractivity contribution in [1.82, 2.24) is 10.6 Å². The van der Waals surface area contributed by atoms with Crippen molar-refractivity contribution in [2.75, 3.05) is 25.5 Å². The fourth-order valence-electron chi connectivity index (χ4n) is 3.32. The van der Waals surface area contributed by atoms with Crippen molar-refractivity contribution < 1.29 is 14.3 Å². The molecule has 0 saturated carbocycles. The Hall–Kier alpha value is -3.07. The number of nitrogens with one attached hydrogen (secondary N) is 3. The van der Waals surface area contributed by atoms with Gasteiger partial charge in [0.25, 0.3) is 5.91 Å². The van der Waals surface area contributed by atoms with E-state index < -0.39 is 6.04 Å². The van der Waals surface area contributed by atoms with Crippen LogP contribution in [-0.2, 0) is 11.2 Å². The predicted molar refractivity (Wildman–Crippen MR) is 140 cm³/mol. The van der Waals surface area contributed by atoms with Gasteiger partial charge in [-0.3, -0.25) is 9.59 Å². The molecule has 2 amide bonds. The molecule has 3 aromatic rings. The van der Waals surface area contributed by atoms with E-state index in [0.29, 0.717) is 25.1 Å². The summed E-state index contributed by atoms with van der Waals surface area (Å²) in [6.45, 7) is 2.91. The number of hydrogen-bond acceptors (Lipinski definition) is 4. The number of carbonyl (C=O) groups is 2. The molecular formula is C26H28IN3O3. The Labute approximate surface area is 208 Å². The molecule has 0 aliphatic carbocycles. The molecule has 3 rings (SSSR count). The van der Waals surface area contributed by atoms with Crippen LogP contribution in [0.25, 0.3) is 0 Å². The maximum absolute atomic E-state index is 13.0. The van der Waals surface area contributed by atoms with Gasteiger partial charge in [0, 0.05) is 34.3 Å². The molecule has 0 saturated heterocycles. The van der Waals surface area contributed by atoms with Crippen molar-refractivity contribution in [2.45, 2.75) is 19.4 Å². The fraction of sp³-hybridized carbons (Fsp3) is 0.231. The molecule has 3 N–H and O–H groups in total. The normalized spacial score (nSPS) is 11.4. The number of anilines is 1. The molecule has 0 unspecified atom stereocenters. The Bertz CT molecular complexity index is 1070. The second-order valence-electron chi connectivity index (χ2n) is 7.67. The van der Waals surface area contributed by atoms with Crippen LogP contribution < -0.4 is 20.7 Å². The van der Waals surface area contributed by atoms with E-state index >= 15 is 0 Å². The number of amides is 2. The zero-order valence-electron chi connectivity index (χ0n) is 18.7. The number of halogens is 1. The summed E-state index contributed by atoms with van der Waals surface area (Å²) < 4.78 is 6.27. The average molecular weight is 557 g/mol. The largest absolute Gasteiger partial charge is 0.497 e. The van der Waals surface area contributed by atoms with E-state index in [1.165, 1.54) is 0 Å². The van der Waals surface area contributed by atoms with E-state index in [1.807, 2.05) is 73.7 Å². The molecule has 3 aromatic carbocycles. The van der Waals surface area contributed by atoms with Gasteiger partial charge < -0.3 is 20.7 Å². The van der Waals surface area contributed by atoms with Crippen molar-refractivity contribution in [3.63, 3.8) is 0 Å². The molecule has 0 bridgehead atoms. The van der Waals surface area contributed by atoms with Crippen molar-refractivity contribution >= 4 is 40.1 Å². The Morgan fingerprint density at radius 3 is 2.36 bits per heavy atom. The van der Waals surface area contributed by atoms with Gasteiger partial charge in [0.2, 0.25) is 5.91 Å². The minimum atomic E-state index is -0.681. The molecule has 0 aliphatic heterocycles. The summed E-state index contributed by atoms with van der Waals surface area (Å²) in [6, 6.07) is 22.2. The first-order valence-corrected chi connectivity index (χ1v) is 11.8. The molecule has 0 radical (unpaired) electrons. The SMILES string of the molecule is COc1ccc(NCCNC(=O)[C@H](Cc2ccc(I)cc2)NC(=O)c2cccc(C)c2)cc1. The maximum atomic E-state index is 13.0. The van der Waals surface area contributed by atoms with Crippen LogP contribution in [0.15, 0.2) is 72.8 Å². The van der Waals surface area contributed by atoms with Gasteiger partial charge in [0.05, 0.1) is 7.11 Å². The summed E-state index contributed by atoms with van der Waals surface area (Å²) in [4.78, 5) is 25.8. The van der Waals surface area contributed by atoms with E-state index in [-0.39, 0.29) is 11.8 Å². The monoisotopic (exact) mass is 557 g/mol. The van der Waals surface area contributed by atoms with E-state index in [9.17, 15) is 9.59 Å². The third-order valence-electron chi connectivity index (χ3n) is 5.10. The molecule has 0 heterocycles. The lowest BCUT2D eigenvalue weighted by Crippen LogP contribution is -2.48. The molecule has 0 aliphatic rings. The lowest BCUT2D eigenvalue weighted by atomic mass is 10.0. The highest BCUT2D eigenvalue weighted by Crippen LogP contribution is 2.14. The molecule has 0 fully saturated rings. The van der Waals surface area contributed by atoms with Gasteiger partial charge in [-0.05, 0) is 83.6 Å². The predicted octanol–water partition coefficient (Wildman–Crippen LogP) is 4.18. The molecule has 0 aromatic heterocycles. The molecule has 172 valence electrons. The van der Waals surface area contributed by atoms with Crippen molar-refractivity contribution in [1.29, 1.82) is 0 Å². The lowest BCUT2D eigenvalue weighted by molar-refractivity contribution is -0.122. The number of benzene rings is 3. The Morgan fingerprint density at radius 1 is 0.970 bits per heavy atom. The molecule has 6 nitrogen and oxygen atoms in total. The van der Waals surface area contributed by atoms with Crippen LogP contribution in [0.3, 0.4) is 0 Å². The van der Waals surface area contributed by atoms with E-state index in [1.54, 1.807) is 13.2 Å². The number of carbonyl (C=O) groups excluding carboxylic acids is 2. The lowest BCUT2D eigenvalue weighted by Gasteiger charge is -2.19. The highest BCUT2D eigenvalue weighted by Gasteiger charge is 2.22. The topological polar surface area (TPSA) is 79.5 Å². The molecule has 0 spiro atoms. The highest BCUT2D eigenvalue weighted by molar-refractivity contribution is 14.1. The number of methoxy groups -OCH3 is 1. The second-order valence-corrected chi connectivity index (χ2v) is 8.92. The van der Waals surface area contributed by atoms with Crippen LogP contribution in [0.4, 0.5) is 5.69 Å². The molecule has 33 heavy (non-hydrogen) atoms. The Balaban J connectivity index is 1.60. The van der Waals surface area contributed by atoms with E-state index in [4.69, 9.17) is 4.74 Å². The first-order valence-electron chi connectivity index (χ1n) is 10.7.